The molecule has 0 rings (SSSR count). The van der Waals surface area contributed by atoms with E-state index in [-0.39, 0.29) is 0 Å². The molecule has 0 bridgehead atoms. The second kappa shape index (κ2) is 6.25. The van der Waals surface area contributed by atoms with Gasteiger partial charge in [-0.05, 0) is 6.92 Å². The summed E-state index contributed by atoms with van der Waals surface area (Å²) in [5, 5.41) is 43.8. The van der Waals surface area contributed by atoms with Crippen LogP contribution in [-0.2, 0) is 4.74 Å². The second-order valence-corrected chi connectivity index (χ2v) is 2.73. The molecule has 0 aliphatic heterocycles. The maximum atomic E-state index is 9.01. The van der Waals surface area contributed by atoms with Crippen LogP contribution < -0.4 is 0 Å². The van der Waals surface area contributed by atoms with Crippen LogP contribution in [0, 0.1) is 0 Å². The Morgan fingerprint density at radius 2 is 1.46 bits per heavy atom. The van der Waals surface area contributed by atoms with Crippen molar-refractivity contribution >= 4 is 0 Å². The van der Waals surface area contributed by atoms with Crippen LogP contribution in [0.25, 0.3) is 0 Å². The molecule has 0 aromatic heterocycles. The van der Waals surface area contributed by atoms with Crippen LogP contribution in [0.4, 0.5) is 0 Å². The van der Waals surface area contributed by atoms with E-state index in [4.69, 9.17) is 30.3 Å². The minimum absolute atomic E-state index is 0.497. The molecule has 6 heteroatoms. The van der Waals surface area contributed by atoms with Crippen LogP contribution in [0.15, 0.2) is 0 Å². The monoisotopic (exact) mass is 196 g/mol. The van der Waals surface area contributed by atoms with Crippen molar-refractivity contribution in [2.75, 3.05) is 13.2 Å². The third kappa shape index (κ3) is 4.51. The smallest absolute Gasteiger partial charge is 0.183 e. The molecular weight excluding hydrogens is 180 g/mol. The van der Waals surface area contributed by atoms with E-state index in [2.05, 4.69) is 0 Å². The highest BCUT2D eigenvalue weighted by atomic mass is 16.6. The summed E-state index contributed by atoms with van der Waals surface area (Å²) in [4.78, 5) is 0. The van der Waals surface area contributed by atoms with E-state index in [1.54, 1.807) is 0 Å². The summed E-state index contributed by atoms with van der Waals surface area (Å²) >= 11 is 0. The molecule has 0 fully saturated rings. The summed E-state index contributed by atoms with van der Waals surface area (Å²) in [6.07, 6.45) is -4.92. The van der Waals surface area contributed by atoms with Crippen molar-refractivity contribution < 1.29 is 30.3 Å². The SMILES string of the molecule is C[C@H](O[C@@H](O)[C@H](O)CO)C(O)CO. The van der Waals surface area contributed by atoms with Gasteiger partial charge in [0.1, 0.15) is 12.2 Å². The van der Waals surface area contributed by atoms with E-state index in [1.165, 1.54) is 6.92 Å². The highest BCUT2D eigenvalue weighted by Gasteiger charge is 2.22. The molecule has 0 aromatic carbocycles. The van der Waals surface area contributed by atoms with Gasteiger partial charge >= 0.3 is 0 Å². The van der Waals surface area contributed by atoms with Crippen LogP contribution in [-0.4, -0.2) is 63.3 Å². The molecule has 13 heavy (non-hydrogen) atoms. The molecule has 0 spiro atoms. The minimum atomic E-state index is -1.57. The Balaban J connectivity index is 3.83. The molecule has 0 saturated carbocycles. The van der Waals surface area contributed by atoms with Gasteiger partial charge in [-0.15, -0.1) is 0 Å². The highest BCUT2D eigenvalue weighted by molar-refractivity contribution is 4.65. The second-order valence-electron chi connectivity index (χ2n) is 2.73. The number of hydrogen-bond acceptors (Lipinski definition) is 6. The summed E-state index contributed by atoms with van der Waals surface area (Å²) in [6, 6.07) is 0. The normalized spacial score (nSPS) is 20.8. The summed E-state index contributed by atoms with van der Waals surface area (Å²) in [7, 11) is 0. The molecule has 0 saturated heterocycles. The zero-order valence-corrected chi connectivity index (χ0v) is 7.37. The molecule has 0 aromatic rings. The Morgan fingerprint density at radius 3 is 1.85 bits per heavy atom. The lowest BCUT2D eigenvalue weighted by molar-refractivity contribution is -0.211. The van der Waals surface area contributed by atoms with Gasteiger partial charge in [0.15, 0.2) is 6.29 Å². The number of hydrogen-bond donors (Lipinski definition) is 5. The maximum absolute atomic E-state index is 9.01. The lowest BCUT2D eigenvalue weighted by Crippen LogP contribution is -2.39. The first-order valence-corrected chi connectivity index (χ1v) is 3.94. The summed E-state index contributed by atoms with van der Waals surface area (Å²) < 4.78 is 4.69. The van der Waals surface area contributed by atoms with Gasteiger partial charge in [-0.1, -0.05) is 0 Å². The van der Waals surface area contributed by atoms with Crippen molar-refractivity contribution in [1.29, 1.82) is 0 Å². The Kier molecular flexibility index (Phi) is 6.13. The fourth-order valence-electron chi connectivity index (χ4n) is 0.640. The molecule has 4 atom stereocenters. The van der Waals surface area contributed by atoms with Gasteiger partial charge in [-0.3, -0.25) is 0 Å². The molecular formula is C7H16O6. The predicted molar refractivity (Wildman–Crippen MR) is 42.7 cm³/mol. The van der Waals surface area contributed by atoms with Gasteiger partial charge in [-0.25, -0.2) is 0 Å². The van der Waals surface area contributed by atoms with Crippen molar-refractivity contribution in [1.82, 2.24) is 0 Å². The summed E-state index contributed by atoms with van der Waals surface area (Å²) in [6.45, 7) is 0.292. The Bertz CT molecular complexity index is 116. The van der Waals surface area contributed by atoms with Crippen LogP contribution >= 0.6 is 0 Å². The van der Waals surface area contributed by atoms with E-state index in [0.29, 0.717) is 0 Å². The molecule has 0 aliphatic carbocycles. The molecule has 80 valence electrons. The lowest BCUT2D eigenvalue weighted by atomic mass is 10.2. The number of aliphatic hydroxyl groups is 5. The number of ether oxygens (including phenoxy) is 1. The van der Waals surface area contributed by atoms with Gasteiger partial charge in [0.05, 0.1) is 19.3 Å². The first-order chi connectivity index (χ1) is 6.02. The average molecular weight is 196 g/mol. The minimum Gasteiger partial charge on any atom is -0.394 e. The average Bonchev–Trinajstić information content (AvgIpc) is 2.14. The Morgan fingerprint density at radius 1 is 1.00 bits per heavy atom. The first kappa shape index (κ1) is 12.8. The van der Waals surface area contributed by atoms with Crippen molar-refractivity contribution in [3.8, 4) is 0 Å². The number of rotatable bonds is 6. The molecule has 0 aliphatic rings. The third-order valence-corrected chi connectivity index (χ3v) is 1.60. The molecule has 6 nitrogen and oxygen atoms in total. The van der Waals surface area contributed by atoms with Crippen molar-refractivity contribution in [2.24, 2.45) is 0 Å². The standard InChI is InChI=1S/C7H16O6/c1-4(5(10)2-8)13-7(12)6(11)3-9/h4-12H,2-3H2,1H3/t4-,5?,6+,7+/m0/s1. The van der Waals surface area contributed by atoms with E-state index >= 15 is 0 Å². The van der Waals surface area contributed by atoms with Crippen LogP contribution in [0.2, 0.25) is 0 Å². The predicted octanol–water partition coefficient (Wildman–Crippen LogP) is -2.58. The van der Waals surface area contributed by atoms with Crippen LogP contribution in [0.1, 0.15) is 6.92 Å². The topological polar surface area (TPSA) is 110 Å². The van der Waals surface area contributed by atoms with E-state index in [0.717, 1.165) is 0 Å². The number of aliphatic hydroxyl groups excluding tert-OH is 5. The molecule has 0 amide bonds. The summed E-state index contributed by atoms with van der Waals surface area (Å²) in [5.74, 6) is 0. The highest BCUT2D eigenvalue weighted by Crippen LogP contribution is 2.04. The fourth-order valence-corrected chi connectivity index (χ4v) is 0.640. The van der Waals surface area contributed by atoms with Gasteiger partial charge < -0.3 is 30.3 Å². The molecule has 1 unspecified atom stereocenters. The van der Waals surface area contributed by atoms with Gasteiger partial charge in [0.2, 0.25) is 0 Å². The van der Waals surface area contributed by atoms with Crippen LogP contribution in [0.5, 0.6) is 0 Å². The fraction of sp³-hybridized carbons (Fsp3) is 1.00. The van der Waals surface area contributed by atoms with Gasteiger partial charge in [0, 0.05) is 0 Å². The van der Waals surface area contributed by atoms with Gasteiger partial charge in [-0.2, -0.15) is 0 Å². The first-order valence-electron chi connectivity index (χ1n) is 3.94. The van der Waals surface area contributed by atoms with Crippen molar-refractivity contribution in [3.63, 3.8) is 0 Å². The van der Waals surface area contributed by atoms with E-state index < -0.39 is 37.8 Å². The van der Waals surface area contributed by atoms with Crippen molar-refractivity contribution in [3.05, 3.63) is 0 Å². The van der Waals surface area contributed by atoms with Crippen LogP contribution in [0.3, 0.4) is 0 Å². The third-order valence-electron chi connectivity index (χ3n) is 1.60. The zero-order chi connectivity index (χ0) is 10.4. The zero-order valence-electron chi connectivity index (χ0n) is 7.37. The quantitative estimate of drug-likeness (QED) is 0.298. The lowest BCUT2D eigenvalue weighted by Gasteiger charge is -2.23. The molecule has 5 N–H and O–H groups in total. The van der Waals surface area contributed by atoms with E-state index in [9.17, 15) is 0 Å². The largest absolute Gasteiger partial charge is 0.394 e. The maximum Gasteiger partial charge on any atom is 0.183 e. The Hall–Kier alpha value is -0.240. The van der Waals surface area contributed by atoms with Crippen molar-refractivity contribution in [2.45, 2.75) is 31.5 Å². The molecule has 0 radical (unpaired) electrons. The van der Waals surface area contributed by atoms with Gasteiger partial charge in [0.25, 0.3) is 0 Å². The molecule has 0 heterocycles. The summed E-state index contributed by atoms with van der Waals surface area (Å²) in [5.41, 5.74) is 0. The van der Waals surface area contributed by atoms with E-state index in [1.807, 2.05) is 0 Å². The Labute approximate surface area is 76.0 Å².